The highest BCUT2D eigenvalue weighted by molar-refractivity contribution is 7.87. The van der Waals surface area contributed by atoms with Gasteiger partial charge in [0, 0.05) is 20.1 Å². The molecule has 0 unspecified atom stereocenters. The third kappa shape index (κ3) is 7.16. The van der Waals surface area contributed by atoms with Crippen LogP contribution in [0.1, 0.15) is 33.1 Å². The molecular formula is C10H25N3O2S. The van der Waals surface area contributed by atoms with E-state index >= 15 is 0 Å². The lowest BCUT2D eigenvalue weighted by molar-refractivity contribution is 0.445. The molecule has 16 heavy (non-hydrogen) atoms. The van der Waals surface area contributed by atoms with E-state index in [4.69, 9.17) is 0 Å². The van der Waals surface area contributed by atoms with Gasteiger partial charge in [-0.1, -0.05) is 20.3 Å². The molecule has 5 nitrogen and oxygen atoms in total. The van der Waals surface area contributed by atoms with Crippen molar-refractivity contribution in [3.05, 3.63) is 0 Å². The van der Waals surface area contributed by atoms with Crippen molar-refractivity contribution in [3.63, 3.8) is 0 Å². The fraction of sp³-hybridized carbons (Fsp3) is 1.00. The predicted octanol–water partition coefficient (Wildman–Crippen LogP) is 0.552. The molecule has 0 radical (unpaired) electrons. The molecule has 0 aromatic rings. The summed E-state index contributed by atoms with van der Waals surface area (Å²) < 4.78 is 27.3. The van der Waals surface area contributed by atoms with Crippen molar-refractivity contribution in [3.8, 4) is 0 Å². The first-order valence-electron chi connectivity index (χ1n) is 5.96. The van der Waals surface area contributed by atoms with Gasteiger partial charge in [-0.2, -0.15) is 12.7 Å². The maximum atomic E-state index is 11.7. The van der Waals surface area contributed by atoms with Crippen LogP contribution in [0.3, 0.4) is 0 Å². The van der Waals surface area contributed by atoms with E-state index in [1.165, 1.54) is 4.31 Å². The molecule has 0 aliphatic heterocycles. The summed E-state index contributed by atoms with van der Waals surface area (Å²) in [4.78, 5) is 0. The van der Waals surface area contributed by atoms with E-state index in [-0.39, 0.29) is 0 Å². The van der Waals surface area contributed by atoms with Crippen LogP contribution in [0, 0.1) is 0 Å². The number of nitrogens with zero attached hydrogens (tertiary/aromatic N) is 1. The number of rotatable bonds is 10. The van der Waals surface area contributed by atoms with Gasteiger partial charge in [0.1, 0.15) is 0 Å². The zero-order valence-electron chi connectivity index (χ0n) is 10.6. The Bertz CT molecular complexity index is 255. The minimum Gasteiger partial charge on any atom is -0.317 e. The minimum absolute atomic E-state index is 0.524. The number of hydrogen-bond acceptors (Lipinski definition) is 3. The van der Waals surface area contributed by atoms with E-state index in [2.05, 4.69) is 10.0 Å². The van der Waals surface area contributed by atoms with Crippen LogP contribution in [0.2, 0.25) is 0 Å². The number of nitrogens with one attached hydrogen (secondary N) is 2. The first-order valence-corrected chi connectivity index (χ1v) is 7.40. The average molecular weight is 251 g/mol. The summed E-state index contributed by atoms with van der Waals surface area (Å²) in [7, 11) is -1.65. The van der Waals surface area contributed by atoms with Crippen LogP contribution in [-0.4, -0.2) is 45.9 Å². The molecule has 0 heterocycles. The van der Waals surface area contributed by atoms with Crippen LogP contribution < -0.4 is 10.0 Å². The second-order valence-electron chi connectivity index (χ2n) is 3.78. The van der Waals surface area contributed by atoms with Gasteiger partial charge in [0.15, 0.2) is 0 Å². The van der Waals surface area contributed by atoms with Crippen LogP contribution in [-0.2, 0) is 10.2 Å². The van der Waals surface area contributed by atoms with Crippen LogP contribution in [0.15, 0.2) is 0 Å². The second-order valence-corrected chi connectivity index (χ2v) is 5.64. The van der Waals surface area contributed by atoms with Crippen molar-refractivity contribution >= 4 is 10.2 Å². The van der Waals surface area contributed by atoms with Gasteiger partial charge < -0.3 is 5.32 Å². The molecule has 0 fully saturated rings. The molecule has 98 valence electrons. The maximum absolute atomic E-state index is 11.7. The lowest BCUT2D eigenvalue weighted by Gasteiger charge is -2.17. The van der Waals surface area contributed by atoms with Crippen LogP contribution in [0.25, 0.3) is 0 Å². The SMILES string of the molecule is CCCCNS(=O)(=O)N(C)CCCNCC. The monoisotopic (exact) mass is 251 g/mol. The summed E-state index contributed by atoms with van der Waals surface area (Å²) >= 11 is 0. The molecular weight excluding hydrogens is 226 g/mol. The maximum Gasteiger partial charge on any atom is 0.279 e. The Hall–Kier alpha value is -0.170. The molecule has 0 spiro atoms. The minimum atomic E-state index is -3.26. The van der Waals surface area contributed by atoms with Crippen molar-refractivity contribution in [2.24, 2.45) is 0 Å². The second kappa shape index (κ2) is 8.92. The third-order valence-electron chi connectivity index (χ3n) is 2.30. The van der Waals surface area contributed by atoms with Gasteiger partial charge in [-0.25, -0.2) is 4.72 Å². The molecule has 0 saturated carbocycles. The molecule has 0 atom stereocenters. The Labute approximate surface area is 99.8 Å². The molecule has 0 saturated heterocycles. The largest absolute Gasteiger partial charge is 0.317 e. The fourth-order valence-electron chi connectivity index (χ4n) is 1.21. The van der Waals surface area contributed by atoms with Gasteiger partial charge in [-0.3, -0.25) is 0 Å². The van der Waals surface area contributed by atoms with Gasteiger partial charge in [0.25, 0.3) is 10.2 Å². The summed E-state index contributed by atoms with van der Waals surface area (Å²) in [5, 5.41) is 3.17. The van der Waals surface area contributed by atoms with Crippen LogP contribution in [0.5, 0.6) is 0 Å². The lowest BCUT2D eigenvalue weighted by Crippen LogP contribution is -2.39. The van der Waals surface area contributed by atoms with Crippen LogP contribution in [0.4, 0.5) is 0 Å². The molecule has 0 aliphatic carbocycles. The average Bonchev–Trinajstić information content (AvgIpc) is 2.24. The Balaban J connectivity index is 3.81. The molecule has 0 aliphatic rings. The Morgan fingerprint density at radius 3 is 2.38 bits per heavy atom. The molecule has 0 amide bonds. The van der Waals surface area contributed by atoms with E-state index in [9.17, 15) is 8.42 Å². The summed E-state index contributed by atoms with van der Waals surface area (Å²) in [6, 6.07) is 0. The summed E-state index contributed by atoms with van der Waals surface area (Å²) in [5.74, 6) is 0. The molecule has 0 bridgehead atoms. The third-order valence-corrected chi connectivity index (χ3v) is 3.87. The van der Waals surface area contributed by atoms with E-state index in [1.54, 1.807) is 7.05 Å². The summed E-state index contributed by atoms with van der Waals surface area (Å²) in [6.07, 6.45) is 2.70. The number of hydrogen-bond donors (Lipinski definition) is 2. The van der Waals surface area contributed by atoms with Gasteiger partial charge >= 0.3 is 0 Å². The van der Waals surface area contributed by atoms with Crippen molar-refractivity contribution in [1.29, 1.82) is 0 Å². The Kier molecular flexibility index (Phi) is 8.83. The highest BCUT2D eigenvalue weighted by Gasteiger charge is 2.15. The lowest BCUT2D eigenvalue weighted by atomic mass is 10.3. The number of unbranched alkanes of at least 4 members (excludes halogenated alkanes) is 1. The Morgan fingerprint density at radius 1 is 1.12 bits per heavy atom. The molecule has 0 rings (SSSR count). The smallest absolute Gasteiger partial charge is 0.279 e. The van der Waals surface area contributed by atoms with E-state index in [0.29, 0.717) is 13.1 Å². The van der Waals surface area contributed by atoms with Gasteiger partial charge in [0.2, 0.25) is 0 Å². The zero-order valence-corrected chi connectivity index (χ0v) is 11.4. The first-order chi connectivity index (χ1) is 7.54. The van der Waals surface area contributed by atoms with Crippen molar-refractivity contribution in [1.82, 2.24) is 14.3 Å². The van der Waals surface area contributed by atoms with E-state index in [1.807, 2.05) is 13.8 Å². The summed E-state index contributed by atoms with van der Waals surface area (Å²) in [6.45, 7) is 6.92. The Morgan fingerprint density at radius 2 is 1.81 bits per heavy atom. The first kappa shape index (κ1) is 15.8. The van der Waals surface area contributed by atoms with Gasteiger partial charge in [-0.05, 0) is 25.9 Å². The van der Waals surface area contributed by atoms with Crippen molar-refractivity contribution in [2.75, 3.05) is 33.2 Å². The molecule has 6 heteroatoms. The zero-order chi connectivity index (χ0) is 12.4. The predicted molar refractivity (Wildman–Crippen MR) is 67.6 cm³/mol. The highest BCUT2D eigenvalue weighted by atomic mass is 32.2. The topological polar surface area (TPSA) is 61.4 Å². The molecule has 2 N–H and O–H groups in total. The van der Waals surface area contributed by atoms with Gasteiger partial charge in [0.05, 0.1) is 0 Å². The van der Waals surface area contributed by atoms with Gasteiger partial charge in [-0.15, -0.1) is 0 Å². The van der Waals surface area contributed by atoms with Crippen molar-refractivity contribution in [2.45, 2.75) is 33.1 Å². The highest BCUT2D eigenvalue weighted by Crippen LogP contribution is 1.96. The summed E-state index contributed by atoms with van der Waals surface area (Å²) in [5.41, 5.74) is 0. The standard InChI is InChI=1S/C10H25N3O2S/c1-4-6-9-12-16(14,15)13(3)10-7-8-11-5-2/h11-12H,4-10H2,1-3H3. The quantitative estimate of drug-likeness (QED) is 0.558. The van der Waals surface area contributed by atoms with E-state index in [0.717, 1.165) is 32.4 Å². The molecule has 0 aromatic heterocycles. The van der Waals surface area contributed by atoms with Crippen molar-refractivity contribution < 1.29 is 8.42 Å². The van der Waals surface area contributed by atoms with E-state index < -0.39 is 10.2 Å². The normalized spacial score (nSPS) is 12.2. The fourth-order valence-corrected chi connectivity index (χ4v) is 2.20. The van der Waals surface area contributed by atoms with Crippen LogP contribution >= 0.6 is 0 Å². The molecule has 0 aromatic carbocycles.